The zero-order chi connectivity index (χ0) is 32.2. The van der Waals surface area contributed by atoms with E-state index in [1.807, 2.05) is 24.3 Å². The van der Waals surface area contributed by atoms with Crippen molar-refractivity contribution in [3.05, 3.63) is 75.3 Å². The maximum absolute atomic E-state index is 12.9. The summed E-state index contributed by atoms with van der Waals surface area (Å²) in [6.45, 7) is 6.52. The van der Waals surface area contributed by atoms with Crippen LogP contribution in [0.2, 0.25) is 10.0 Å². The van der Waals surface area contributed by atoms with Gasteiger partial charge in [0.25, 0.3) is 0 Å². The fourth-order valence-corrected chi connectivity index (χ4v) is 6.39. The van der Waals surface area contributed by atoms with Gasteiger partial charge in [0.1, 0.15) is 22.2 Å². The first-order valence-corrected chi connectivity index (χ1v) is 15.4. The first-order chi connectivity index (χ1) is 19.9. The molecule has 0 saturated heterocycles. The first kappa shape index (κ1) is 34.4. The van der Waals surface area contributed by atoms with Gasteiger partial charge in [0, 0.05) is 31.8 Å². The van der Waals surface area contributed by atoms with Crippen molar-refractivity contribution in [3.63, 3.8) is 0 Å². The van der Waals surface area contributed by atoms with Gasteiger partial charge in [-0.05, 0) is 38.5 Å². The molecule has 0 bridgehead atoms. The zero-order valence-electron chi connectivity index (χ0n) is 23.8. The number of rotatable bonds is 9. The SMILES string of the molecule is CN(Cc1ccc(C2=NCCN2C(=O)OC(C)(C)C)cc1)C(=O)/C=C/CNCS(=O)(=O)c1c(Cl)cc(C(F)(F)F)cc1Cl. The van der Waals surface area contributed by atoms with Gasteiger partial charge in [0.2, 0.25) is 5.91 Å². The Morgan fingerprint density at radius 2 is 1.72 bits per heavy atom. The molecule has 0 aromatic heterocycles. The number of aliphatic imine (C=N–C) groups is 1. The Morgan fingerprint density at radius 3 is 2.28 bits per heavy atom. The summed E-state index contributed by atoms with van der Waals surface area (Å²) < 4.78 is 69.5. The molecule has 15 heteroatoms. The van der Waals surface area contributed by atoms with Gasteiger partial charge in [-0.25, -0.2) is 13.2 Å². The van der Waals surface area contributed by atoms with Gasteiger partial charge < -0.3 is 9.64 Å². The minimum atomic E-state index is -4.74. The molecular formula is C28H31Cl2F3N4O5S. The van der Waals surface area contributed by atoms with Gasteiger partial charge >= 0.3 is 12.3 Å². The van der Waals surface area contributed by atoms with Crippen molar-refractivity contribution in [2.24, 2.45) is 4.99 Å². The number of alkyl halides is 3. The number of amides is 2. The molecule has 3 rings (SSSR count). The van der Waals surface area contributed by atoms with E-state index in [0.29, 0.717) is 31.1 Å². The third-order valence-corrected chi connectivity index (χ3v) is 8.38. The Bertz CT molecular complexity index is 1500. The monoisotopic (exact) mass is 662 g/mol. The predicted molar refractivity (Wildman–Crippen MR) is 158 cm³/mol. The molecule has 1 aliphatic heterocycles. The maximum Gasteiger partial charge on any atom is 0.416 e. The largest absolute Gasteiger partial charge is 0.443 e. The van der Waals surface area contributed by atoms with E-state index in [-0.39, 0.29) is 19.0 Å². The standard InChI is InChI=1S/C28H31Cl2F3N4O5S/c1-27(2,3)42-26(39)37-13-12-35-25(37)19-9-7-18(8-10-19)16-36(4)23(38)6-5-11-34-17-43(40,41)24-21(29)14-20(15-22(24)30)28(31,32)33/h5-10,14-15,34H,11-13,16-17H2,1-4H3/b6-5+. The van der Waals surface area contributed by atoms with Crippen molar-refractivity contribution < 1.29 is 35.9 Å². The Hall–Kier alpha value is -3.13. The van der Waals surface area contributed by atoms with Crippen LogP contribution in [0.1, 0.15) is 37.5 Å². The van der Waals surface area contributed by atoms with Crippen LogP contribution in [0.5, 0.6) is 0 Å². The van der Waals surface area contributed by atoms with Gasteiger partial charge in [-0.15, -0.1) is 0 Å². The fraction of sp³-hybridized carbons (Fsp3) is 0.393. The van der Waals surface area contributed by atoms with Crippen LogP contribution < -0.4 is 5.32 Å². The third kappa shape index (κ3) is 9.43. The summed E-state index contributed by atoms with van der Waals surface area (Å²) in [4.78, 5) is 31.8. The minimum absolute atomic E-state index is 0.0281. The molecule has 0 aliphatic carbocycles. The molecule has 0 saturated carbocycles. The summed E-state index contributed by atoms with van der Waals surface area (Å²) in [7, 11) is -2.58. The van der Waals surface area contributed by atoms with Crippen molar-refractivity contribution in [2.75, 3.05) is 32.6 Å². The Balaban J connectivity index is 1.52. The van der Waals surface area contributed by atoms with Crippen LogP contribution in [0.15, 0.2) is 58.4 Å². The van der Waals surface area contributed by atoms with E-state index in [2.05, 4.69) is 10.3 Å². The number of nitrogens with zero attached hydrogens (tertiary/aromatic N) is 3. The van der Waals surface area contributed by atoms with Gasteiger partial charge in [0.15, 0.2) is 9.84 Å². The highest BCUT2D eigenvalue weighted by molar-refractivity contribution is 7.91. The summed E-state index contributed by atoms with van der Waals surface area (Å²) in [5.41, 5.74) is -0.235. The number of benzene rings is 2. The van der Waals surface area contributed by atoms with Crippen LogP contribution in [-0.4, -0.2) is 74.2 Å². The second-order valence-corrected chi connectivity index (χ2v) is 13.4. The average Bonchev–Trinajstić information content (AvgIpc) is 3.37. The Morgan fingerprint density at radius 1 is 1.12 bits per heavy atom. The average molecular weight is 664 g/mol. The van der Waals surface area contributed by atoms with Crippen molar-refractivity contribution in [2.45, 2.75) is 44.0 Å². The van der Waals surface area contributed by atoms with Gasteiger partial charge in [-0.2, -0.15) is 13.2 Å². The number of nitrogens with one attached hydrogen (secondary N) is 1. The van der Waals surface area contributed by atoms with Gasteiger partial charge in [0.05, 0.1) is 28.7 Å². The molecule has 2 aromatic carbocycles. The summed E-state index contributed by atoms with van der Waals surface area (Å²) in [5, 5.41) is 1.31. The molecule has 0 atom stereocenters. The van der Waals surface area contributed by atoms with E-state index in [4.69, 9.17) is 27.9 Å². The van der Waals surface area contributed by atoms with Gasteiger partial charge in [-0.1, -0.05) is 53.5 Å². The summed E-state index contributed by atoms with van der Waals surface area (Å²) >= 11 is 11.6. The summed E-state index contributed by atoms with van der Waals surface area (Å²) in [6.07, 6.45) is -2.53. The molecule has 43 heavy (non-hydrogen) atoms. The van der Waals surface area contributed by atoms with Crippen LogP contribution in [0.4, 0.5) is 18.0 Å². The van der Waals surface area contributed by atoms with Crippen molar-refractivity contribution >= 4 is 50.9 Å². The number of carbonyl (C=O) groups is 2. The Labute approximate surface area is 258 Å². The summed E-state index contributed by atoms with van der Waals surface area (Å²) in [6, 6.07) is 8.27. The van der Waals surface area contributed by atoms with Crippen LogP contribution in [0, 0.1) is 0 Å². The molecule has 1 aliphatic rings. The number of halogens is 5. The highest BCUT2D eigenvalue weighted by Gasteiger charge is 2.34. The van der Waals surface area contributed by atoms with E-state index >= 15 is 0 Å². The normalized spacial score (nSPS) is 14.3. The zero-order valence-corrected chi connectivity index (χ0v) is 26.2. The van der Waals surface area contributed by atoms with Crippen LogP contribution >= 0.6 is 23.2 Å². The van der Waals surface area contributed by atoms with E-state index in [0.717, 1.165) is 11.1 Å². The second kappa shape index (κ2) is 13.7. The van der Waals surface area contributed by atoms with E-state index in [1.54, 1.807) is 27.8 Å². The maximum atomic E-state index is 12.9. The van der Waals surface area contributed by atoms with Crippen LogP contribution in [0.3, 0.4) is 0 Å². The highest BCUT2D eigenvalue weighted by atomic mass is 35.5. The molecule has 1 heterocycles. The quantitative estimate of drug-likeness (QED) is 0.279. The molecule has 1 N–H and O–H groups in total. The number of amidine groups is 1. The van der Waals surface area contributed by atoms with Crippen LogP contribution in [0.25, 0.3) is 0 Å². The first-order valence-electron chi connectivity index (χ1n) is 12.9. The highest BCUT2D eigenvalue weighted by Crippen LogP contribution is 2.38. The molecule has 0 fully saturated rings. The van der Waals surface area contributed by atoms with Crippen molar-refractivity contribution in [1.82, 2.24) is 15.1 Å². The van der Waals surface area contributed by atoms with Crippen LogP contribution in [-0.2, 0) is 32.1 Å². The summed E-state index contributed by atoms with van der Waals surface area (Å²) in [5.74, 6) is -0.501. The lowest BCUT2D eigenvalue weighted by molar-refractivity contribution is -0.137. The molecule has 0 unspecified atom stereocenters. The molecule has 9 nitrogen and oxygen atoms in total. The van der Waals surface area contributed by atoms with Gasteiger partial charge in [-0.3, -0.25) is 20.0 Å². The smallest absolute Gasteiger partial charge is 0.416 e. The van der Waals surface area contributed by atoms with E-state index in [1.165, 1.54) is 22.0 Å². The number of ether oxygens (including phenoxy) is 1. The molecule has 0 spiro atoms. The second-order valence-electron chi connectivity index (χ2n) is 10.6. The topological polar surface area (TPSA) is 108 Å². The lowest BCUT2D eigenvalue weighted by Gasteiger charge is -2.25. The molecular weight excluding hydrogens is 632 g/mol. The number of hydrogen-bond donors (Lipinski definition) is 1. The molecule has 234 valence electrons. The third-order valence-electron chi connectivity index (χ3n) is 5.91. The fourth-order valence-electron chi connectivity index (χ4n) is 3.96. The van der Waals surface area contributed by atoms with Crippen molar-refractivity contribution in [3.8, 4) is 0 Å². The van der Waals surface area contributed by atoms with Crippen molar-refractivity contribution in [1.29, 1.82) is 0 Å². The molecule has 2 amide bonds. The number of likely N-dealkylation sites (N-methyl/N-ethyl adjacent to an activating group) is 1. The number of carbonyl (C=O) groups excluding carboxylic acids is 2. The predicted octanol–water partition coefficient (Wildman–Crippen LogP) is 5.55. The lowest BCUT2D eigenvalue weighted by Crippen LogP contribution is -2.39. The molecule has 0 radical (unpaired) electrons. The number of hydrogen-bond acceptors (Lipinski definition) is 7. The minimum Gasteiger partial charge on any atom is -0.443 e. The number of sulfone groups is 1. The Kier molecular flexibility index (Phi) is 10.9. The van der Waals surface area contributed by atoms with E-state index in [9.17, 15) is 31.2 Å². The lowest BCUT2D eigenvalue weighted by atomic mass is 10.1. The van der Waals surface area contributed by atoms with E-state index < -0.39 is 54.1 Å². The molecule has 2 aromatic rings.